The Kier molecular flexibility index (Phi) is 2.09. The summed E-state index contributed by atoms with van der Waals surface area (Å²) < 4.78 is 16.2. The van der Waals surface area contributed by atoms with E-state index in [0.29, 0.717) is 0 Å². The monoisotopic (exact) mass is 247 g/mol. The first kappa shape index (κ1) is 9.14. The van der Waals surface area contributed by atoms with Gasteiger partial charge in [0.25, 0.3) is 0 Å². The van der Waals surface area contributed by atoms with Crippen LogP contribution in [0.2, 0.25) is 0 Å². The van der Waals surface area contributed by atoms with E-state index < -0.39 is 30.4 Å². The molecule has 0 aliphatic heterocycles. The fraction of sp³-hybridized carbons (Fsp3) is 0.429. The van der Waals surface area contributed by atoms with Crippen molar-refractivity contribution in [2.75, 3.05) is 0 Å². The third-order valence-electron chi connectivity index (χ3n) is 3.71. The summed E-state index contributed by atoms with van der Waals surface area (Å²) in [5.74, 6) is -1.32. The lowest BCUT2D eigenvalue weighted by Gasteiger charge is -2.14. The minimum absolute atomic E-state index is 0.152. The number of carbonyl (C=O) groups excluding carboxylic acids is 1. The van der Waals surface area contributed by atoms with Crippen molar-refractivity contribution < 1.29 is 17.6 Å². The molecule has 0 heterocycles. The van der Waals surface area contributed by atoms with Gasteiger partial charge >= 0.3 is 0 Å². The second-order valence-corrected chi connectivity index (χ2v) is 4.83. The molecule has 0 fully saturated rings. The maximum atomic E-state index is 12.2. The number of rotatable bonds is 0. The van der Waals surface area contributed by atoms with E-state index in [0.717, 1.165) is 11.1 Å². The van der Waals surface area contributed by atoms with Crippen molar-refractivity contribution in [1.29, 1.82) is 0 Å². The number of carbonyl (C=O) groups is 1. The van der Waals surface area contributed by atoms with E-state index >= 15 is 0 Å². The Bertz CT molecular complexity index is 555. The second-order valence-electron chi connectivity index (χ2n) is 4.83. The van der Waals surface area contributed by atoms with Gasteiger partial charge < -0.3 is 5.21 Å². The Balaban J connectivity index is 2.23. The van der Waals surface area contributed by atoms with Crippen molar-refractivity contribution >= 4 is 11.5 Å². The van der Waals surface area contributed by atoms with Crippen LogP contribution in [-0.2, 0) is 4.79 Å². The van der Waals surface area contributed by atoms with E-state index in [-0.39, 0.29) is 23.5 Å². The molecule has 94 valence electrons. The van der Waals surface area contributed by atoms with Gasteiger partial charge in [-0.05, 0) is 11.1 Å². The van der Waals surface area contributed by atoms with Crippen molar-refractivity contribution in [1.82, 2.24) is 0 Å². The average molecular weight is 247 g/mol. The highest BCUT2D eigenvalue weighted by Gasteiger charge is 2.37. The third kappa shape index (κ3) is 1.78. The van der Waals surface area contributed by atoms with E-state index in [4.69, 9.17) is 2.74 Å². The topological polar surface area (TPSA) is 63.4 Å². The smallest absolute Gasteiger partial charge is 0.222 e. The van der Waals surface area contributed by atoms with Crippen LogP contribution in [0.25, 0.3) is 0 Å². The summed E-state index contributed by atoms with van der Waals surface area (Å²) in [6.45, 7) is 0. The molecule has 2 aliphatic rings. The van der Waals surface area contributed by atoms with Crippen molar-refractivity contribution in [2.24, 2.45) is 0 Å². The predicted molar refractivity (Wildman–Crippen MR) is 65.8 cm³/mol. The lowest BCUT2D eigenvalue weighted by atomic mass is 9.88. The van der Waals surface area contributed by atoms with Crippen LogP contribution in [0.15, 0.2) is 24.3 Å². The summed E-state index contributed by atoms with van der Waals surface area (Å²) >= 11 is 0. The van der Waals surface area contributed by atoms with Crippen LogP contribution < -0.4 is 0 Å². The summed E-state index contributed by atoms with van der Waals surface area (Å²) in [6.07, 6.45) is -1.72. The predicted octanol–water partition coefficient (Wildman–Crippen LogP) is 2.35. The fourth-order valence-electron chi connectivity index (χ4n) is 2.90. The number of hydrogen-bond acceptors (Lipinski definition) is 3. The Hall–Kier alpha value is -1.84. The molecule has 18 heavy (non-hydrogen) atoms. The molecule has 0 saturated carbocycles. The fourth-order valence-corrected chi connectivity index (χ4v) is 2.90. The molecule has 1 aromatic rings. The second kappa shape index (κ2) is 4.12. The first-order valence-corrected chi connectivity index (χ1v) is 5.98. The molecule has 0 radical (unpaired) electrons. The summed E-state index contributed by atoms with van der Waals surface area (Å²) in [7, 11) is 0. The summed E-state index contributed by atoms with van der Waals surface area (Å²) in [5.41, 5.74) is 1.97. The molecule has 3 rings (SSSR count). The van der Waals surface area contributed by atoms with E-state index in [1.807, 2.05) is 24.3 Å². The first-order chi connectivity index (χ1) is 9.50. The van der Waals surface area contributed by atoms with Crippen molar-refractivity contribution in [3.05, 3.63) is 40.6 Å². The summed E-state index contributed by atoms with van der Waals surface area (Å²) in [6, 6.07) is 7.39. The number of hydrogen-bond donors (Lipinski definition) is 1. The van der Waals surface area contributed by atoms with Gasteiger partial charge in [0.1, 0.15) is 5.78 Å². The molecular formula is C14H15NO3. The Morgan fingerprint density at radius 2 is 1.72 bits per heavy atom. The standard InChI is InChI=1S/C14H15NO3/c16-12-7-9-5-11(15(17)18)6-10(8-12)14-4-2-1-3-13(9)14/h1-4,9-10H,5-8H2,(H,17,18)/t9-,10+/i7D,8D/t7-,8-,9-,10+/m0/s1. The number of benzene rings is 1. The lowest BCUT2D eigenvalue weighted by molar-refractivity contribution is -0.727. The number of Topliss-reactive ketones (excluding diaryl/α,β-unsaturated/α-hetero) is 1. The molecule has 1 N–H and O–H groups in total. The van der Waals surface area contributed by atoms with Gasteiger partial charge in [-0.2, -0.15) is 0 Å². The Labute approximate surface area is 108 Å². The number of ketones is 1. The van der Waals surface area contributed by atoms with Crippen molar-refractivity contribution in [2.45, 2.75) is 37.5 Å². The van der Waals surface area contributed by atoms with E-state index in [1.165, 1.54) is 0 Å². The molecule has 4 nitrogen and oxygen atoms in total. The summed E-state index contributed by atoms with van der Waals surface area (Å²) in [4.78, 5) is 12.0. The van der Waals surface area contributed by atoms with E-state index in [9.17, 15) is 15.2 Å². The molecule has 0 aromatic heterocycles. The zero-order chi connectivity index (χ0) is 14.4. The van der Waals surface area contributed by atoms with Gasteiger partial charge in [0.15, 0.2) is 0 Å². The van der Waals surface area contributed by atoms with Crippen LogP contribution >= 0.6 is 0 Å². The molecule has 0 unspecified atom stereocenters. The maximum absolute atomic E-state index is 12.2. The highest BCUT2D eigenvalue weighted by molar-refractivity contribution is 5.88. The van der Waals surface area contributed by atoms with Gasteiger partial charge in [-0.3, -0.25) is 10.0 Å². The zero-order valence-corrected chi connectivity index (χ0v) is 9.74. The molecule has 1 aromatic carbocycles. The molecule has 2 bridgehead atoms. The molecule has 0 spiro atoms. The Morgan fingerprint density at radius 3 is 2.17 bits per heavy atom. The minimum Gasteiger partial charge on any atom is -0.418 e. The SMILES string of the molecule is [2H][C@@H]1C(=O)[C@@H]([2H])[C@H]2CC(=[N+]([O-])O)C[C@@H]1c1ccccc12. The molecule has 4 atom stereocenters. The molecule has 4 heteroatoms. The highest BCUT2D eigenvalue weighted by Crippen LogP contribution is 2.42. The van der Waals surface area contributed by atoms with Crippen LogP contribution in [0.3, 0.4) is 0 Å². The van der Waals surface area contributed by atoms with Crippen LogP contribution in [0, 0.1) is 5.21 Å². The third-order valence-corrected chi connectivity index (χ3v) is 3.71. The van der Waals surface area contributed by atoms with Gasteiger partial charge in [0, 0.05) is 45.1 Å². The normalized spacial score (nSPS) is 39.2. The zero-order valence-electron chi connectivity index (χ0n) is 11.7. The van der Waals surface area contributed by atoms with Crippen LogP contribution in [-0.4, -0.2) is 21.6 Å². The minimum atomic E-state index is -1.06. The highest BCUT2D eigenvalue weighted by atomic mass is 16.8. The van der Waals surface area contributed by atoms with Crippen LogP contribution in [0.4, 0.5) is 0 Å². The first-order valence-electron chi connectivity index (χ1n) is 7.14. The molecular weight excluding hydrogens is 230 g/mol. The largest absolute Gasteiger partial charge is 0.418 e. The van der Waals surface area contributed by atoms with Gasteiger partial charge in [-0.25, -0.2) is 0 Å². The van der Waals surface area contributed by atoms with Crippen molar-refractivity contribution in [3.8, 4) is 0 Å². The average Bonchev–Trinajstić information content (AvgIpc) is 2.65. The maximum Gasteiger partial charge on any atom is 0.222 e. The number of nitrogens with zero attached hydrogens (tertiary/aromatic N) is 1. The molecule has 2 aliphatic carbocycles. The summed E-state index contributed by atoms with van der Waals surface area (Å²) in [5, 5.41) is 20.5. The Morgan fingerprint density at radius 1 is 1.22 bits per heavy atom. The van der Waals surface area contributed by atoms with Gasteiger partial charge in [0.2, 0.25) is 5.71 Å². The van der Waals surface area contributed by atoms with Gasteiger partial charge in [-0.15, -0.1) is 0 Å². The van der Waals surface area contributed by atoms with E-state index in [2.05, 4.69) is 0 Å². The van der Waals surface area contributed by atoms with Crippen molar-refractivity contribution in [3.63, 3.8) is 0 Å². The van der Waals surface area contributed by atoms with Crippen LogP contribution in [0.1, 0.15) is 51.3 Å². The van der Waals surface area contributed by atoms with E-state index in [1.54, 1.807) is 0 Å². The quantitative estimate of drug-likeness (QED) is 0.435. The lowest BCUT2D eigenvalue weighted by Crippen LogP contribution is -2.21. The van der Waals surface area contributed by atoms with Gasteiger partial charge in [0.05, 0.1) is 0 Å². The molecule has 0 saturated heterocycles. The molecule has 0 amide bonds. The van der Waals surface area contributed by atoms with Crippen LogP contribution in [0.5, 0.6) is 0 Å². The van der Waals surface area contributed by atoms with Gasteiger partial charge in [-0.1, -0.05) is 24.3 Å².